The van der Waals surface area contributed by atoms with E-state index in [0.29, 0.717) is 44.3 Å². The van der Waals surface area contributed by atoms with Gasteiger partial charge in [0.25, 0.3) is 5.56 Å². The van der Waals surface area contributed by atoms with Crippen LogP contribution in [0.3, 0.4) is 0 Å². The minimum Gasteiger partial charge on any atom is -0.336 e. The Labute approximate surface area is 221 Å². The smallest absolute Gasteiger partial charge is 0.252 e. The molecule has 38 heavy (non-hydrogen) atoms. The summed E-state index contributed by atoms with van der Waals surface area (Å²) in [4.78, 5) is 38.3. The maximum Gasteiger partial charge on any atom is 0.252 e. The van der Waals surface area contributed by atoms with Crippen LogP contribution >= 0.6 is 0 Å². The van der Waals surface area contributed by atoms with Gasteiger partial charge in [0.05, 0.1) is 18.4 Å². The summed E-state index contributed by atoms with van der Waals surface area (Å²) in [7, 11) is 0. The van der Waals surface area contributed by atoms with E-state index in [0.717, 1.165) is 29.6 Å². The first-order valence-electron chi connectivity index (χ1n) is 12.9. The van der Waals surface area contributed by atoms with E-state index in [-0.39, 0.29) is 17.5 Å². The fraction of sp³-hybridized carbons (Fsp3) is 0.321. The van der Waals surface area contributed by atoms with Gasteiger partial charge in [-0.2, -0.15) is 10.1 Å². The first-order valence-corrected chi connectivity index (χ1v) is 12.9. The van der Waals surface area contributed by atoms with Gasteiger partial charge in [-0.15, -0.1) is 0 Å². The molecule has 196 valence electrons. The molecule has 4 aromatic rings. The minimum atomic E-state index is -0.105. The Balaban J connectivity index is 1.31. The fourth-order valence-electron chi connectivity index (χ4n) is 4.89. The lowest BCUT2D eigenvalue weighted by Crippen LogP contribution is -2.55. The van der Waals surface area contributed by atoms with Crippen LogP contribution in [0.15, 0.2) is 78.5 Å². The van der Waals surface area contributed by atoms with Crippen molar-refractivity contribution in [2.45, 2.75) is 32.5 Å². The summed E-state index contributed by atoms with van der Waals surface area (Å²) in [5.41, 5.74) is 2.40. The predicted octanol–water partition coefficient (Wildman–Crippen LogP) is 2.89. The van der Waals surface area contributed by atoms with E-state index in [2.05, 4.69) is 45.9 Å². The zero-order valence-corrected chi connectivity index (χ0v) is 21.5. The number of carbonyl (C=O) groups is 1. The number of aromatic nitrogens is 5. The summed E-state index contributed by atoms with van der Waals surface area (Å²) < 4.78 is 3.55. The Kier molecular flexibility index (Phi) is 7.60. The SMILES string of the molecule is C=CC(=O)N1CCN(CCn2c(=O)ccc3cnc(Nc4cnn(Cc5ccccc5)c4)nc32)[C@@H](CC)C1. The highest BCUT2D eigenvalue weighted by Gasteiger charge is 2.27. The molecule has 1 atom stereocenters. The van der Waals surface area contributed by atoms with Gasteiger partial charge in [0, 0.05) is 62.6 Å². The topological polar surface area (TPSA) is 101 Å². The Morgan fingerprint density at radius 3 is 2.76 bits per heavy atom. The number of pyridine rings is 1. The third-order valence-electron chi connectivity index (χ3n) is 6.97. The third kappa shape index (κ3) is 5.65. The first-order chi connectivity index (χ1) is 18.5. The summed E-state index contributed by atoms with van der Waals surface area (Å²) in [6.07, 6.45) is 7.65. The van der Waals surface area contributed by atoms with E-state index in [4.69, 9.17) is 4.98 Å². The van der Waals surface area contributed by atoms with E-state index in [1.54, 1.807) is 29.1 Å². The first kappa shape index (κ1) is 25.3. The third-order valence-corrected chi connectivity index (χ3v) is 6.97. The molecule has 1 aromatic carbocycles. The van der Waals surface area contributed by atoms with Crippen LogP contribution in [-0.4, -0.2) is 72.2 Å². The van der Waals surface area contributed by atoms with Crippen LogP contribution in [0, 0.1) is 0 Å². The van der Waals surface area contributed by atoms with Crippen molar-refractivity contribution < 1.29 is 4.79 Å². The molecular weight excluding hydrogens is 480 g/mol. The highest BCUT2D eigenvalue weighted by Crippen LogP contribution is 2.17. The number of anilines is 2. The summed E-state index contributed by atoms with van der Waals surface area (Å²) in [5, 5.41) is 8.44. The van der Waals surface area contributed by atoms with Gasteiger partial charge in [-0.3, -0.25) is 23.7 Å². The normalized spacial score (nSPS) is 16.0. The molecule has 0 bridgehead atoms. The molecule has 4 heterocycles. The van der Waals surface area contributed by atoms with Gasteiger partial charge in [-0.05, 0) is 24.1 Å². The number of nitrogens with zero attached hydrogens (tertiary/aromatic N) is 7. The van der Waals surface area contributed by atoms with Crippen molar-refractivity contribution in [3.63, 3.8) is 0 Å². The summed E-state index contributed by atoms with van der Waals surface area (Å²) >= 11 is 0. The standard InChI is InChI=1S/C28H32N8O2/c1-3-24-20-34(25(37)4-2)13-12-33(24)14-15-36-26(38)11-10-22-16-29-28(32-27(22)36)31-23-17-30-35(19-23)18-21-8-6-5-7-9-21/h4-11,16-17,19,24H,2-3,12-15,18,20H2,1H3,(H,29,31,32)/t24-/m0/s1. The van der Waals surface area contributed by atoms with Crippen molar-refractivity contribution in [1.82, 2.24) is 34.1 Å². The zero-order chi connectivity index (χ0) is 26.5. The maximum absolute atomic E-state index is 12.9. The number of amides is 1. The molecule has 1 fully saturated rings. The lowest BCUT2D eigenvalue weighted by Gasteiger charge is -2.41. The van der Waals surface area contributed by atoms with E-state index in [9.17, 15) is 9.59 Å². The minimum absolute atomic E-state index is 0.0317. The monoisotopic (exact) mass is 512 g/mol. The summed E-state index contributed by atoms with van der Waals surface area (Å²) in [6.45, 7) is 9.65. The molecular formula is C28H32N8O2. The average Bonchev–Trinajstić information content (AvgIpc) is 3.38. The van der Waals surface area contributed by atoms with Crippen molar-refractivity contribution in [3.8, 4) is 0 Å². The number of fused-ring (bicyclic) bond motifs is 1. The van der Waals surface area contributed by atoms with Crippen LogP contribution in [0.5, 0.6) is 0 Å². The zero-order valence-electron chi connectivity index (χ0n) is 21.5. The number of hydrogen-bond donors (Lipinski definition) is 1. The molecule has 0 unspecified atom stereocenters. The molecule has 10 heteroatoms. The molecule has 1 amide bonds. The van der Waals surface area contributed by atoms with Crippen LogP contribution in [-0.2, 0) is 17.9 Å². The lowest BCUT2D eigenvalue weighted by molar-refractivity contribution is -0.129. The maximum atomic E-state index is 12.9. The van der Waals surface area contributed by atoms with Crippen molar-refractivity contribution in [3.05, 3.63) is 89.6 Å². The molecule has 0 aliphatic carbocycles. The van der Waals surface area contributed by atoms with Gasteiger partial charge < -0.3 is 10.2 Å². The molecule has 3 aromatic heterocycles. The van der Waals surface area contributed by atoms with Gasteiger partial charge in [-0.1, -0.05) is 43.8 Å². The van der Waals surface area contributed by atoms with Crippen LogP contribution in [0.25, 0.3) is 11.0 Å². The number of benzene rings is 1. The number of nitrogens with one attached hydrogen (secondary N) is 1. The van der Waals surface area contributed by atoms with Gasteiger partial charge in [-0.25, -0.2) is 4.98 Å². The number of rotatable bonds is 9. The molecule has 0 spiro atoms. The second-order valence-corrected chi connectivity index (χ2v) is 9.42. The van der Waals surface area contributed by atoms with Crippen LogP contribution in [0.4, 0.5) is 11.6 Å². The van der Waals surface area contributed by atoms with Crippen molar-refractivity contribution in [2.75, 3.05) is 31.5 Å². The van der Waals surface area contributed by atoms with Gasteiger partial charge >= 0.3 is 0 Å². The van der Waals surface area contributed by atoms with Gasteiger partial charge in [0.1, 0.15) is 5.65 Å². The van der Waals surface area contributed by atoms with Crippen LogP contribution < -0.4 is 10.9 Å². The lowest BCUT2D eigenvalue weighted by atomic mass is 10.1. The van der Waals surface area contributed by atoms with E-state index in [1.165, 1.54) is 6.08 Å². The van der Waals surface area contributed by atoms with E-state index < -0.39 is 0 Å². The highest BCUT2D eigenvalue weighted by atomic mass is 16.2. The fourth-order valence-corrected chi connectivity index (χ4v) is 4.89. The highest BCUT2D eigenvalue weighted by molar-refractivity contribution is 5.87. The molecule has 10 nitrogen and oxygen atoms in total. The van der Waals surface area contributed by atoms with E-state index in [1.807, 2.05) is 34.0 Å². The average molecular weight is 513 g/mol. The molecule has 5 rings (SSSR count). The number of hydrogen-bond acceptors (Lipinski definition) is 7. The number of carbonyl (C=O) groups excluding carboxylic acids is 1. The molecule has 1 saturated heterocycles. The number of piperazine rings is 1. The Morgan fingerprint density at radius 2 is 1.97 bits per heavy atom. The van der Waals surface area contributed by atoms with Crippen molar-refractivity contribution in [1.29, 1.82) is 0 Å². The van der Waals surface area contributed by atoms with Gasteiger partial charge in [0.15, 0.2) is 0 Å². The Bertz CT molecular complexity index is 1480. The van der Waals surface area contributed by atoms with Gasteiger partial charge in [0.2, 0.25) is 11.9 Å². The summed E-state index contributed by atoms with van der Waals surface area (Å²) in [5.74, 6) is 0.370. The Morgan fingerprint density at radius 1 is 1.13 bits per heavy atom. The molecule has 1 aliphatic heterocycles. The quantitative estimate of drug-likeness (QED) is 0.344. The van der Waals surface area contributed by atoms with Crippen molar-refractivity contribution in [2.24, 2.45) is 0 Å². The molecule has 1 N–H and O–H groups in total. The summed E-state index contributed by atoms with van der Waals surface area (Å²) in [6, 6.07) is 13.7. The Hall–Kier alpha value is -4.31. The molecule has 1 aliphatic rings. The van der Waals surface area contributed by atoms with E-state index >= 15 is 0 Å². The van der Waals surface area contributed by atoms with Crippen LogP contribution in [0.2, 0.25) is 0 Å². The van der Waals surface area contributed by atoms with Crippen LogP contribution in [0.1, 0.15) is 18.9 Å². The second-order valence-electron chi connectivity index (χ2n) is 9.42. The molecule has 0 radical (unpaired) electrons. The predicted molar refractivity (Wildman–Crippen MR) is 147 cm³/mol. The largest absolute Gasteiger partial charge is 0.336 e. The molecule has 0 saturated carbocycles. The second kappa shape index (κ2) is 11.4. The van der Waals surface area contributed by atoms with Crippen molar-refractivity contribution >= 4 is 28.6 Å².